The Morgan fingerprint density at radius 2 is 1.70 bits per heavy atom. The number of piperidine rings is 1. The molecule has 1 amide bonds. The van der Waals surface area contributed by atoms with E-state index in [1.54, 1.807) is 0 Å². The topological polar surface area (TPSA) is 32.3 Å². The molecule has 0 aromatic rings. The van der Waals surface area contributed by atoms with Gasteiger partial charge in [0.1, 0.15) is 0 Å². The second-order valence-electron chi connectivity index (χ2n) is 7.30. The molecule has 1 N–H and O–H groups in total. The van der Waals surface area contributed by atoms with Crippen LogP contribution in [-0.4, -0.2) is 37.0 Å². The van der Waals surface area contributed by atoms with Crippen molar-refractivity contribution in [3.8, 4) is 0 Å². The molecular formula is C16H31ClN2O. The van der Waals surface area contributed by atoms with Crippen LogP contribution in [0.25, 0.3) is 0 Å². The van der Waals surface area contributed by atoms with Gasteiger partial charge in [0.2, 0.25) is 5.91 Å². The number of nitrogens with one attached hydrogen (secondary N) is 1. The molecule has 2 aliphatic rings. The molecule has 0 atom stereocenters. The molecule has 1 aliphatic heterocycles. The lowest BCUT2D eigenvalue weighted by Gasteiger charge is -2.39. The second kappa shape index (κ2) is 7.65. The molecule has 0 spiro atoms. The standard InChI is InChI=1S/C16H30N2O.ClH/c1-16(2)8-4-14(5-9-16)18(3)15(19)12-13-6-10-17-11-7-13;/h13-14,17H,4-12H2,1-3H3;1H. The normalized spacial score (nSPS) is 23.9. The van der Waals surface area contributed by atoms with Gasteiger partial charge < -0.3 is 10.2 Å². The van der Waals surface area contributed by atoms with Crippen molar-refractivity contribution in [1.29, 1.82) is 0 Å². The van der Waals surface area contributed by atoms with Crippen LogP contribution < -0.4 is 5.32 Å². The summed E-state index contributed by atoms with van der Waals surface area (Å²) in [6, 6.07) is 0.488. The summed E-state index contributed by atoms with van der Waals surface area (Å²) in [7, 11) is 2.02. The minimum Gasteiger partial charge on any atom is -0.343 e. The van der Waals surface area contributed by atoms with Crippen LogP contribution in [0.1, 0.15) is 58.8 Å². The molecule has 0 radical (unpaired) electrons. The van der Waals surface area contributed by atoms with Crippen LogP contribution in [0.2, 0.25) is 0 Å². The lowest BCUT2D eigenvalue weighted by Crippen LogP contribution is -2.42. The number of rotatable bonds is 3. The van der Waals surface area contributed by atoms with Gasteiger partial charge in [0.25, 0.3) is 0 Å². The summed E-state index contributed by atoms with van der Waals surface area (Å²) in [5, 5.41) is 3.36. The third-order valence-corrected chi connectivity index (χ3v) is 5.17. The Bertz CT molecular complexity index is 304. The average Bonchev–Trinajstić information content (AvgIpc) is 2.39. The van der Waals surface area contributed by atoms with E-state index in [-0.39, 0.29) is 12.4 Å². The van der Waals surface area contributed by atoms with Crippen LogP contribution in [0.4, 0.5) is 0 Å². The van der Waals surface area contributed by atoms with Crippen molar-refractivity contribution in [1.82, 2.24) is 10.2 Å². The molecule has 2 fully saturated rings. The highest BCUT2D eigenvalue weighted by atomic mass is 35.5. The molecule has 0 aromatic heterocycles. The third-order valence-electron chi connectivity index (χ3n) is 5.17. The van der Waals surface area contributed by atoms with Gasteiger partial charge in [-0.15, -0.1) is 12.4 Å². The van der Waals surface area contributed by atoms with Gasteiger partial charge in [-0.2, -0.15) is 0 Å². The van der Waals surface area contributed by atoms with E-state index >= 15 is 0 Å². The lowest BCUT2D eigenvalue weighted by atomic mass is 9.75. The zero-order valence-electron chi connectivity index (χ0n) is 13.3. The highest BCUT2D eigenvalue weighted by Gasteiger charge is 2.31. The maximum absolute atomic E-state index is 12.4. The first kappa shape index (κ1) is 17.8. The van der Waals surface area contributed by atoms with E-state index in [4.69, 9.17) is 0 Å². The SMILES string of the molecule is CN(C(=O)CC1CCNCC1)C1CCC(C)(C)CC1.Cl. The molecule has 4 heteroatoms. The van der Waals surface area contributed by atoms with Gasteiger partial charge in [0.15, 0.2) is 0 Å². The molecule has 0 unspecified atom stereocenters. The highest BCUT2D eigenvalue weighted by Crippen LogP contribution is 2.36. The predicted octanol–water partition coefficient (Wildman–Crippen LogP) is 3.23. The Labute approximate surface area is 130 Å². The zero-order valence-corrected chi connectivity index (χ0v) is 14.1. The first-order valence-corrected chi connectivity index (χ1v) is 7.94. The molecule has 1 saturated carbocycles. The third kappa shape index (κ3) is 4.92. The molecule has 1 aliphatic carbocycles. The van der Waals surface area contributed by atoms with Gasteiger partial charge in [-0.1, -0.05) is 13.8 Å². The van der Waals surface area contributed by atoms with Gasteiger partial charge in [-0.25, -0.2) is 0 Å². The maximum atomic E-state index is 12.4. The van der Waals surface area contributed by atoms with E-state index in [2.05, 4.69) is 24.1 Å². The van der Waals surface area contributed by atoms with Gasteiger partial charge in [-0.3, -0.25) is 4.79 Å². The molecule has 0 aromatic carbocycles. The van der Waals surface area contributed by atoms with Crippen molar-refractivity contribution in [2.24, 2.45) is 11.3 Å². The summed E-state index contributed by atoms with van der Waals surface area (Å²) in [5.74, 6) is 0.979. The van der Waals surface area contributed by atoms with E-state index in [0.29, 0.717) is 23.3 Å². The summed E-state index contributed by atoms with van der Waals surface area (Å²) >= 11 is 0. The minimum absolute atomic E-state index is 0. The van der Waals surface area contributed by atoms with Crippen LogP contribution in [0, 0.1) is 11.3 Å². The summed E-state index contributed by atoms with van der Waals surface area (Å²) in [6.45, 7) is 6.86. The smallest absolute Gasteiger partial charge is 0.222 e. The zero-order chi connectivity index (χ0) is 13.9. The fourth-order valence-corrected chi connectivity index (χ4v) is 3.45. The summed E-state index contributed by atoms with van der Waals surface area (Å²) < 4.78 is 0. The first-order chi connectivity index (χ1) is 8.98. The highest BCUT2D eigenvalue weighted by molar-refractivity contribution is 5.85. The van der Waals surface area contributed by atoms with Gasteiger partial charge in [0, 0.05) is 19.5 Å². The number of hydrogen-bond acceptors (Lipinski definition) is 2. The quantitative estimate of drug-likeness (QED) is 0.868. The molecule has 3 nitrogen and oxygen atoms in total. The Morgan fingerprint density at radius 1 is 1.15 bits per heavy atom. The van der Waals surface area contributed by atoms with Crippen molar-refractivity contribution in [2.45, 2.75) is 64.8 Å². The van der Waals surface area contributed by atoms with E-state index in [1.807, 2.05) is 7.05 Å². The summed E-state index contributed by atoms with van der Waals surface area (Å²) in [4.78, 5) is 14.4. The number of nitrogens with zero attached hydrogens (tertiary/aromatic N) is 1. The fraction of sp³-hybridized carbons (Fsp3) is 0.938. The molecule has 20 heavy (non-hydrogen) atoms. The van der Waals surface area contributed by atoms with Crippen molar-refractivity contribution in [3.05, 3.63) is 0 Å². The van der Waals surface area contributed by atoms with Gasteiger partial charge >= 0.3 is 0 Å². The molecular weight excluding hydrogens is 272 g/mol. The molecule has 0 bridgehead atoms. The number of amides is 1. The van der Waals surface area contributed by atoms with Crippen LogP contribution in [0.3, 0.4) is 0 Å². The largest absolute Gasteiger partial charge is 0.343 e. The van der Waals surface area contributed by atoms with Crippen LogP contribution in [-0.2, 0) is 4.79 Å². The Hall–Kier alpha value is -0.280. The monoisotopic (exact) mass is 302 g/mol. The van der Waals surface area contributed by atoms with Crippen LogP contribution >= 0.6 is 12.4 Å². The minimum atomic E-state index is 0. The molecule has 2 rings (SSSR count). The van der Waals surface area contributed by atoms with Gasteiger partial charge in [0.05, 0.1) is 0 Å². The first-order valence-electron chi connectivity index (χ1n) is 7.94. The Kier molecular flexibility index (Phi) is 6.80. The summed E-state index contributed by atoms with van der Waals surface area (Å²) in [5.41, 5.74) is 0.482. The number of carbonyl (C=O) groups is 1. The van der Waals surface area contributed by atoms with Gasteiger partial charge in [-0.05, 0) is 62.9 Å². The van der Waals surface area contributed by atoms with E-state index in [9.17, 15) is 4.79 Å². The van der Waals surface area contributed by atoms with E-state index < -0.39 is 0 Å². The van der Waals surface area contributed by atoms with Crippen molar-refractivity contribution < 1.29 is 4.79 Å². The second-order valence-corrected chi connectivity index (χ2v) is 7.30. The van der Waals surface area contributed by atoms with E-state index in [1.165, 1.54) is 25.7 Å². The number of hydrogen-bond donors (Lipinski definition) is 1. The number of halogens is 1. The van der Waals surface area contributed by atoms with Crippen molar-refractivity contribution >= 4 is 18.3 Å². The predicted molar refractivity (Wildman–Crippen MR) is 86.3 cm³/mol. The average molecular weight is 303 g/mol. The maximum Gasteiger partial charge on any atom is 0.222 e. The van der Waals surface area contributed by atoms with Crippen LogP contribution in [0.5, 0.6) is 0 Å². The van der Waals surface area contributed by atoms with Crippen LogP contribution in [0.15, 0.2) is 0 Å². The lowest BCUT2D eigenvalue weighted by molar-refractivity contribution is -0.134. The van der Waals surface area contributed by atoms with Crippen molar-refractivity contribution in [2.75, 3.05) is 20.1 Å². The van der Waals surface area contributed by atoms with Crippen molar-refractivity contribution in [3.63, 3.8) is 0 Å². The van der Waals surface area contributed by atoms with E-state index in [0.717, 1.165) is 32.4 Å². The molecule has 1 heterocycles. The molecule has 118 valence electrons. The number of carbonyl (C=O) groups excluding carboxylic acids is 1. The molecule has 1 saturated heterocycles. The summed E-state index contributed by atoms with van der Waals surface area (Å²) in [6.07, 6.45) is 7.96. The Morgan fingerprint density at radius 3 is 2.25 bits per heavy atom. The Balaban J connectivity index is 0.00000200. The fourth-order valence-electron chi connectivity index (χ4n) is 3.45.